The minimum Gasteiger partial charge on any atom is -0.481 e. The standard InChI is InChI=1S/C20H36N4O8/c1-6-9(3)15(19(30)24-16(20(31)32)10(4)7-2)23-17(28)12(8-13(26)27)22-18(29)14(21)11(5)25/h9-12,14-16,25H,6-8,21H2,1-5H3,(H,22,29)(H,23,28)(H,24,30)(H,26,27)(H,31,32). The number of hydrogen-bond acceptors (Lipinski definition) is 7. The Morgan fingerprint density at radius 3 is 1.66 bits per heavy atom. The van der Waals surface area contributed by atoms with Crippen molar-refractivity contribution in [2.75, 3.05) is 0 Å². The molecule has 0 spiro atoms. The average molecular weight is 461 g/mol. The van der Waals surface area contributed by atoms with Gasteiger partial charge in [0.2, 0.25) is 17.7 Å². The first-order valence-corrected chi connectivity index (χ1v) is 10.6. The highest BCUT2D eigenvalue weighted by atomic mass is 16.4. The van der Waals surface area contributed by atoms with Crippen molar-refractivity contribution in [1.82, 2.24) is 16.0 Å². The van der Waals surface area contributed by atoms with Crippen LogP contribution in [0.3, 0.4) is 0 Å². The average Bonchev–Trinajstić information content (AvgIpc) is 2.72. The molecule has 0 saturated heterocycles. The summed E-state index contributed by atoms with van der Waals surface area (Å²) in [7, 11) is 0. The largest absolute Gasteiger partial charge is 0.481 e. The van der Waals surface area contributed by atoms with Crippen LogP contribution in [-0.2, 0) is 24.0 Å². The molecule has 7 unspecified atom stereocenters. The number of carboxylic acids is 2. The summed E-state index contributed by atoms with van der Waals surface area (Å²) >= 11 is 0. The van der Waals surface area contributed by atoms with Gasteiger partial charge in [-0.2, -0.15) is 0 Å². The zero-order valence-corrected chi connectivity index (χ0v) is 19.1. The summed E-state index contributed by atoms with van der Waals surface area (Å²) in [6.07, 6.45) is -1.09. The van der Waals surface area contributed by atoms with Crippen LogP contribution in [0, 0.1) is 11.8 Å². The summed E-state index contributed by atoms with van der Waals surface area (Å²) in [5, 5.41) is 35.0. The van der Waals surface area contributed by atoms with Crippen molar-refractivity contribution in [2.45, 2.75) is 84.2 Å². The predicted octanol–water partition coefficient (Wildman–Crippen LogP) is -1.20. The fraction of sp³-hybridized carbons (Fsp3) is 0.750. The quantitative estimate of drug-likeness (QED) is 0.166. The van der Waals surface area contributed by atoms with E-state index in [1.165, 1.54) is 6.92 Å². The second-order valence-corrected chi connectivity index (χ2v) is 8.01. The van der Waals surface area contributed by atoms with Gasteiger partial charge in [0.25, 0.3) is 0 Å². The molecule has 0 rings (SSSR count). The lowest BCUT2D eigenvalue weighted by molar-refractivity contribution is -0.144. The van der Waals surface area contributed by atoms with Crippen molar-refractivity contribution in [2.24, 2.45) is 17.6 Å². The van der Waals surface area contributed by atoms with Gasteiger partial charge in [-0.15, -0.1) is 0 Å². The molecular formula is C20H36N4O8. The first kappa shape index (κ1) is 29.3. The summed E-state index contributed by atoms with van der Waals surface area (Å²) in [4.78, 5) is 60.4. The van der Waals surface area contributed by atoms with Gasteiger partial charge in [0.1, 0.15) is 24.2 Å². The van der Waals surface area contributed by atoms with Crippen LogP contribution >= 0.6 is 0 Å². The summed E-state index contributed by atoms with van der Waals surface area (Å²) in [5.41, 5.74) is 5.52. The number of aliphatic hydroxyl groups is 1. The second-order valence-electron chi connectivity index (χ2n) is 8.01. The van der Waals surface area contributed by atoms with E-state index in [9.17, 15) is 34.2 Å². The SMILES string of the molecule is CCC(C)C(NC(=O)C(NC(=O)C(CC(=O)O)NC(=O)C(N)C(C)O)C(C)CC)C(=O)O. The van der Waals surface area contributed by atoms with Gasteiger partial charge in [-0.05, 0) is 18.8 Å². The number of aliphatic carboxylic acids is 2. The van der Waals surface area contributed by atoms with E-state index in [0.29, 0.717) is 12.8 Å². The molecule has 12 heteroatoms. The molecule has 3 amide bonds. The van der Waals surface area contributed by atoms with Crippen LogP contribution < -0.4 is 21.7 Å². The topological polar surface area (TPSA) is 208 Å². The zero-order valence-electron chi connectivity index (χ0n) is 19.1. The molecule has 0 bridgehead atoms. The van der Waals surface area contributed by atoms with Gasteiger partial charge in [-0.25, -0.2) is 4.79 Å². The lowest BCUT2D eigenvalue weighted by atomic mass is 9.95. The van der Waals surface area contributed by atoms with Gasteiger partial charge in [0, 0.05) is 0 Å². The molecule has 8 N–H and O–H groups in total. The molecule has 7 atom stereocenters. The number of carbonyl (C=O) groups is 5. The van der Waals surface area contributed by atoms with Crippen LogP contribution in [0.2, 0.25) is 0 Å². The van der Waals surface area contributed by atoms with E-state index in [0.717, 1.165) is 0 Å². The van der Waals surface area contributed by atoms with Crippen molar-refractivity contribution in [3.63, 3.8) is 0 Å². The Balaban J connectivity index is 5.64. The molecule has 0 radical (unpaired) electrons. The monoisotopic (exact) mass is 460 g/mol. The Morgan fingerprint density at radius 1 is 0.781 bits per heavy atom. The maximum atomic E-state index is 12.8. The van der Waals surface area contributed by atoms with E-state index in [4.69, 9.17) is 10.8 Å². The Hall–Kier alpha value is -2.73. The van der Waals surface area contributed by atoms with Crippen molar-refractivity contribution in [1.29, 1.82) is 0 Å². The number of carboxylic acid groups (broad SMARTS) is 2. The summed E-state index contributed by atoms with van der Waals surface area (Å²) in [5.74, 6) is -6.02. The Bertz CT molecular complexity index is 685. The number of aliphatic hydroxyl groups excluding tert-OH is 1. The van der Waals surface area contributed by atoms with E-state index >= 15 is 0 Å². The van der Waals surface area contributed by atoms with Gasteiger partial charge in [0.05, 0.1) is 12.5 Å². The number of amides is 3. The van der Waals surface area contributed by atoms with Crippen molar-refractivity contribution >= 4 is 29.7 Å². The van der Waals surface area contributed by atoms with Gasteiger partial charge >= 0.3 is 11.9 Å². The van der Waals surface area contributed by atoms with Crippen LogP contribution in [0.1, 0.15) is 53.9 Å². The Morgan fingerprint density at radius 2 is 1.25 bits per heavy atom. The third kappa shape index (κ3) is 9.18. The summed E-state index contributed by atoms with van der Waals surface area (Å²) in [6, 6.07) is -5.29. The molecule has 0 aliphatic carbocycles. The van der Waals surface area contributed by atoms with Crippen molar-refractivity contribution in [3.8, 4) is 0 Å². The fourth-order valence-corrected chi connectivity index (χ4v) is 2.75. The van der Waals surface area contributed by atoms with E-state index < -0.39 is 72.3 Å². The second kappa shape index (κ2) is 13.6. The van der Waals surface area contributed by atoms with Crippen LogP contribution in [-0.4, -0.2) is 75.3 Å². The fourth-order valence-electron chi connectivity index (χ4n) is 2.75. The molecule has 0 heterocycles. The first-order valence-electron chi connectivity index (χ1n) is 10.6. The molecule has 184 valence electrons. The van der Waals surface area contributed by atoms with Gasteiger partial charge in [-0.1, -0.05) is 40.5 Å². The van der Waals surface area contributed by atoms with Gasteiger partial charge in [-0.3, -0.25) is 19.2 Å². The van der Waals surface area contributed by atoms with Crippen molar-refractivity contribution in [3.05, 3.63) is 0 Å². The normalized spacial score (nSPS) is 17.6. The number of carbonyl (C=O) groups excluding carboxylic acids is 3. The van der Waals surface area contributed by atoms with Crippen LogP contribution in [0.15, 0.2) is 0 Å². The molecule has 0 aromatic carbocycles. The van der Waals surface area contributed by atoms with E-state index in [1.807, 2.05) is 0 Å². The summed E-state index contributed by atoms with van der Waals surface area (Å²) in [6.45, 7) is 8.13. The molecule has 0 aromatic heterocycles. The lowest BCUT2D eigenvalue weighted by Crippen LogP contribution is -2.60. The van der Waals surface area contributed by atoms with E-state index in [-0.39, 0.29) is 5.92 Å². The Labute approximate surface area is 187 Å². The molecule has 0 fully saturated rings. The van der Waals surface area contributed by atoms with E-state index in [1.54, 1.807) is 27.7 Å². The highest BCUT2D eigenvalue weighted by molar-refractivity contribution is 5.95. The highest BCUT2D eigenvalue weighted by Crippen LogP contribution is 2.12. The molecule has 0 aliphatic rings. The number of nitrogens with two attached hydrogens (primary N) is 1. The molecule has 32 heavy (non-hydrogen) atoms. The third-order valence-corrected chi connectivity index (χ3v) is 5.40. The number of rotatable bonds is 14. The van der Waals surface area contributed by atoms with Gasteiger partial charge in [0.15, 0.2) is 0 Å². The molecule has 0 aromatic rings. The Kier molecular flexibility index (Phi) is 12.5. The van der Waals surface area contributed by atoms with Gasteiger partial charge < -0.3 is 37.0 Å². The first-order chi connectivity index (χ1) is 14.8. The van der Waals surface area contributed by atoms with Crippen LogP contribution in [0.5, 0.6) is 0 Å². The minimum absolute atomic E-state index is 0.370. The van der Waals surface area contributed by atoms with Crippen molar-refractivity contribution < 1.29 is 39.3 Å². The maximum absolute atomic E-state index is 12.8. The number of nitrogens with one attached hydrogen (secondary N) is 3. The smallest absolute Gasteiger partial charge is 0.326 e. The maximum Gasteiger partial charge on any atom is 0.326 e. The molecular weight excluding hydrogens is 424 g/mol. The predicted molar refractivity (Wildman–Crippen MR) is 114 cm³/mol. The lowest BCUT2D eigenvalue weighted by Gasteiger charge is -2.29. The summed E-state index contributed by atoms with van der Waals surface area (Å²) < 4.78 is 0. The minimum atomic E-state index is -1.56. The molecule has 0 saturated carbocycles. The van der Waals surface area contributed by atoms with E-state index in [2.05, 4.69) is 16.0 Å². The third-order valence-electron chi connectivity index (χ3n) is 5.40. The molecule has 12 nitrogen and oxygen atoms in total. The molecule has 0 aliphatic heterocycles. The van der Waals surface area contributed by atoms with Crippen LogP contribution in [0.4, 0.5) is 0 Å². The zero-order chi connectivity index (χ0) is 25.2. The highest BCUT2D eigenvalue weighted by Gasteiger charge is 2.34. The van der Waals surface area contributed by atoms with Crippen LogP contribution in [0.25, 0.3) is 0 Å². The number of hydrogen-bond donors (Lipinski definition) is 7.